The topological polar surface area (TPSA) is 115 Å². The lowest BCUT2D eigenvalue weighted by atomic mass is 9.75. The van der Waals surface area contributed by atoms with Crippen LogP contribution in [0.15, 0.2) is 23.2 Å². The van der Waals surface area contributed by atoms with Gasteiger partial charge in [-0.15, -0.1) is 0 Å². The average molecular weight is 615 g/mol. The molecular weight excluding hydrogens is 574 g/mol. The fourth-order valence-corrected chi connectivity index (χ4v) is 9.26. The summed E-state index contributed by atoms with van der Waals surface area (Å²) in [6, 6.07) is 5.33. The number of hydrogen-bond donors (Lipinski definition) is 1. The number of fused-ring (bicyclic) bond motifs is 1. The van der Waals surface area contributed by atoms with E-state index in [4.69, 9.17) is 19.0 Å². The number of rotatable bonds is 8. The number of carboxylic acid groups (broad SMARTS) is 1. The van der Waals surface area contributed by atoms with Gasteiger partial charge in [-0.25, -0.2) is 22.5 Å². The first kappa shape index (κ1) is 31.5. The van der Waals surface area contributed by atoms with Gasteiger partial charge in [-0.05, 0) is 58.6 Å². The Kier molecular flexibility index (Phi) is 7.93. The molecule has 1 saturated carbocycles. The fraction of sp³-hybridized carbons (Fsp3) is 0.692. The number of halogens is 1. The summed E-state index contributed by atoms with van der Waals surface area (Å²) in [5.41, 5.74) is -1.84. The van der Waals surface area contributed by atoms with Crippen LogP contribution < -0.4 is 5.46 Å². The predicted molar refractivity (Wildman–Crippen MR) is 159 cm³/mol. The molecule has 1 saturated heterocycles. The highest BCUT2D eigenvalue weighted by Crippen LogP contribution is 2.68. The molecule has 40 heavy (non-hydrogen) atoms. The Bertz CT molecular complexity index is 1320. The van der Waals surface area contributed by atoms with Crippen molar-refractivity contribution >= 4 is 53.5 Å². The second-order valence-corrected chi connectivity index (χ2v) is 22.8. The Hall–Kier alpha value is -1.45. The number of amides is 1. The largest absolute Gasteiger partial charge is 0.494 e. The van der Waals surface area contributed by atoms with Gasteiger partial charge < -0.3 is 19.2 Å². The summed E-state index contributed by atoms with van der Waals surface area (Å²) in [4.78, 5) is 18.0. The quantitative estimate of drug-likeness (QED) is 0.259. The van der Waals surface area contributed by atoms with E-state index in [9.17, 15) is 18.3 Å². The number of nitrogens with zero attached hydrogens (tertiary/aromatic N) is 2. The predicted octanol–water partition coefficient (Wildman–Crippen LogP) is 4.50. The van der Waals surface area contributed by atoms with E-state index in [-0.39, 0.29) is 23.9 Å². The zero-order chi connectivity index (χ0) is 30.1. The lowest BCUT2D eigenvalue weighted by Crippen LogP contribution is -2.45. The number of ether oxygens (including phenoxy) is 1. The van der Waals surface area contributed by atoms with Gasteiger partial charge in [0.25, 0.3) is 0 Å². The molecule has 2 fully saturated rings. The molecule has 2 heterocycles. The van der Waals surface area contributed by atoms with Gasteiger partial charge >= 0.3 is 13.2 Å². The third-order valence-corrected chi connectivity index (χ3v) is 14.4. The van der Waals surface area contributed by atoms with Gasteiger partial charge in [0.2, 0.25) is 0 Å². The highest BCUT2D eigenvalue weighted by atomic mass is 32.3. The summed E-state index contributed by atoms with van der Waals surface area (Å²) in [5, 5.41) is 10.0. The molecule has 9 nitrogen and oxygen atoms in total. The van der Waals surface area contributed by atoms with Crippen molar-refractivity contribution in [3.05, 3.63) is 29.6 Å². The maximum atomic E-state index is 15.6. The van der Waals surface area contributed by atoms with E-state index in [1.807, 2.05) is 27.7 Å². The first-order chi connectivity index (χ1) is 18.1. The van der Waals surface area contributed by atoms with Crippen LogP contribution in [-0.2, 0) is 29.4 Å². The molecule has 2 aliphatic heterocycles. The first-order valence-corrected chi connectivity index (χ1v) is 19.8. The second-order valence-electron chi connectivity index (χ2n) is 13.4. The minimum atomic E-state index is -3.68. The number of amidine groups is 1. The number of sulfone groups is 1. The zero-order valence-corrected chi connectivity index (χ0v) is 27.3. The molecule has 0 bridgehead atoms. The van der Waals surface area contributed by atoms with Gasteiger partial charge in [-0.3, -0.25) is 4.99 Å². The summed E-state index contributed by atoms with van der Waals surface area (Å²) in [5.74, 6) is -1.13. The molecule has 4 rings (SSSR count). The number of thioether (sulfide) groups is 1. The van der Waals surface area contributed by atoms with Crippen molar-refractivity contribution in [1.82, 2.24) is 4.90 Å². The van der Waals surface area contributed by atoms with E-state index in [1.165, 1.54) is 6.07 Å². The molecule has 3 atom stereocenters. The molecule has 1 aliphatic carbocycles. The number of benzene rings is 1. The van der Waals surface area contributed by atoms with E-state index in [0.29, 0.717) is 12.1 Å². The average Bonchev–Trinajstić information content (AvgIpc) is 3.50. The summed E-state index contributed by atoms with van der Waals surface area (Å²) in [7, 11) is -5.86. The second kappa shape index (κ2) is 10.1. The maximum Gasteiger partial charge on any atom is 0.494 e. The minimum absolute atomic E-state index is 0.0254. The Morgan fingerprint density at radius 3 is 2.35 bits per heavy atom. The fourth-order valence-electron chi connectivity index (χ4n) is 5.05. The van der Waals surface area contributed by atoms with Gasteiger partial charge in [0.15, 0.2) is 15.0 Å². The zero-order valence-electron chi connectivity index (χ0n) is 24.7. The summed E-state index contributed by atoms with van der Waals surface area (Å²) >= 11 is 0.911. The van der Waals surface area contributed by atoms with Crippen LogP contribution in [0.2, 0.25) is 25.7 Å². The molecule has 1 N–H and O–H groups in total. The highest BCUT2D eigenvalue weighted by molar-refractivity contribution is 8.24. The van der Waals surface area contributed by atoms with Crippen molar-refractivity contribution < 1.29 is 36.8 Å². The van der Waals surface area contributed by atoms with Crippen LogP contribution in [0.25, 0.3) is 0 Å². The molecule has 1 aromatic rings. The van der Waals surface area contributed by atoms with Crippen LogP contribution in [-0.4, -0.2) is 79.8 Å². The molecule has 0 spiro atoms. The van der Waals surface area contributed by atoms with Crippen molar-refractivity contribution in [3.8, 4) is 0 Å². The lowest BCUT2D eigenvalue weighted by molar-refractivity contribution is 0.00578. The molecule has 1 aromatic carbocycles. The molecule has 3 aliphatic rings. The minimum Gasteiger partial charge on any atom is -0.465 e. The van der Waals surface area contributed by atoms with E-state index >= 15 is 4.39 Å². The van der Waals surface area contributed by atoms with Crippen LogP contribution >= 0.6 is 11.8 Å². The Balaban J connectivity index is 1.74. The molecule has 0 radical (unpaired) electrons. The molecule has 222 valence electrons. The van der Waals surface area contributed by atoms with Crippen molar-refractivity contribution in [2.75, 3.05) is 19.6 Å². The molecule has 14 heteroatoms. The molecule has 0 aromatic heterocycles. The Morgan fingerprint density at radius 2 is 1.82 bits per heavy atom. The van der Waals surface area contributed by atoms with Gasteiger partial charge in [-0.2, -0.15) is 0 Å². The summed E-state index contributed by atoms with van der Waals surface area (Å²) in [6.07, 6.45) is 0.0241. The van der Waals surface area contributed by atoms with Crippen molar-refractivity contribution in [2.45, 2.75) is 87.5 Å². The highest BCUT2D eigenvalue weighted by Gasteiger charge is 2.73. The summed E-state index contributed by atoms with van der Waals surface area (Å²) < 4.78 is 58.5. The number of hydrogen-bond acceptors (Lipinski definition) is 8. The number of aliphatic imine (C=N–C) groups is 1. The Morgan fingerprint density at radius 1 is 1.23 bits per heavy atom. The van der Waals surface area contributed by atoms with Crippen LogP contribution in [0.1, 0.15) is 46.6 Å². The van der Waals surface area contributed by atoms with E-state index in [1.54, 1.807) is 19.1 Å². The molecule has 0 unspecified atom stereocenters. The van der Waals surface area contributed by atoms with E-state index in [0.717, 1.165) is 29.0 Å². The SMILES string of the molecule is CC1(C)OB(c2ccc(F)c([C@@]3(C)N=C(N(COCC[Si](C)(C)C)C(=O)O)S[C@@]4(S(C)(=O)=O)C[C@H]43)c2)OC1(C)C. The van der Waals surface area contributed by atoms with E-state index in [2.05, 4.69) is 19.6 Å². The number of carbonyl (C=O) groups is 1. The molecular formula is C26H40BFN2O7S2Si. The smallest absolute Gasteiger partial charge is 0.465 e. The van der Waals surface area contributed by atoms with Crippen LogP contribution in [0.5, 0.6) is 0 Å². The van der Waals surface area contributed by atoms with Gasteiger partial charge in [-0.1, -0.05) is 43.5 Å². The third-order valence-electron chi connectivity index (χ3n) is 8.50. The van der Waals surface area contributed by atoms with Crippen molar-refractivity contribution in [1.29, 1.82) is 0 Å². The third kappa shape index (κ3) is 5.63. The molecule has 1 amide bonds. The van der Waals surface area contributed by atoms with Gasteiger partial charge in [0.05, 0.1) is 16.7 Å². The van der Waals surface area contributed by atoms with Gasteiger partial charge in [0, 0.05) is 32.4 Å². The van der Waals surface area contributed by atoms with Crippen LogP contribution in [0.4, 0.5) is 9.18 Å². The van der Waals surface area contributed by atoms with Crippen molar-refractivity contribution in [2.24, 2.45) is 10.9 Å². The first-order valence-electron chi connectivity index (χ1n) is 13.4. The van der Waals surface area contributed by atoms with E-state index < -0.39 is 63.7 Å². The summed E-state index contributed by atoms with van der Waals surface area (Å²) in [6.45, 7) is 16.0. The van der Waals surface area contributed by atoms with Crippen LogP contribution in [0.3, 0.4) is 0 Å². The standard InChI is InChI=1S/C26H40BFN2O7S2Si/c1-23(2)24(3,4)37-27(36-23)17-10-11-19(28)18(14-17)25(5)20-15-26(20,39(6,33)34)38-21(29-25)30(22(31)32)16-35-12-13-40(7,8)9/h10-11,14,20H,12-13,15-16H2,1-9H3,(H,31,32)/t20-,25+,26+/m0/s1. The Labute approximate surface area is 242 Å². The van der Waals surface area contributed by atoms with Crippen LogP contribution in [0, 0.1) is 11.7 Å². The lowest BCUT2D eigenvalue weighted by Gasteiger charge is -2.36. The maximum absolute atomic E-state index is 15.6. The monoisotopic (exact) mass is 614 g/mol. The normalized spacial score (nSPS) is 29.1. The van der Waals surface area contributed by atoms with Crippen molar-refractivity contribution in [3.63, 3.8) is 0 Å². The van der Waals surface area contributed by atoms with Gasteiger partial charge in [0.1, 0.15) is 16.6 Å².